The SMILES string of the molecule is COC(=O)C[C@H]1CCC[C@@H]1[C@](CN1CCC1)(c1cccc(F)c1)C1CCN(CC2(F)CN(c3ccc(S(=O)(=O)c4ccc(C(N)=O)cc4)cc3)C2)CC1. The van der Waals surface area contributed by atoms with Gasteiger partial charge in [-0.05, 0) is 142 Å². The van der Waals surface area contributed by atoms with Gasteiger partial charge in [0.15, 0.2) is 5.67 Å². The molecule has 3 aliphatic heterocycles. The van der Waals surface area contributed by atoms with Crippen molar-refractivity contribution in [2.75, 3.05) is 64.4 Å². The second-order valence-electron chi connectivity index (χ2n) is 15.7. The van der Waals surface area contributed by atoms with Gasteiger partial charge >= 0.3 is 5.97 Å². The Morgan fingerprint density at radius 2 is 1.55 bits per heavy atom. The van der Waals surface area contributed by atoms with E-state index >= 15 is 4.39 Å². The number of rotatable bonds is 13. The van der Waals surface area contributed by atoms with Gasteiger partial charge in [0.25, 0.3) is 0 Å². The van der Waals surface area contributed by atoms with E-state index in [-0.39, 0.29) is 63.4 Å². The van der Waals surface area contributed by atoms with Gasteiger partial charge in [-0.3, -0.25) is 14.5 Å². The van der Waals surface area contributed by atoms with Crippen molar-refractivity contribution in [2.45, 2.75) is 65.8 Å². The number of esters is 1. The number of nitrogens with two attached hydrogens (primary N) is 1. The smallest absolute Gasteiger partial charge is 0.305 e. The van der Waals surface area contributed by atoms with Crippen LogP contribution in [0.3, 0.4) is 0 Å². The number of methoxy groups -OCH3 is 1. The van der Waals surface area contributed by atoms with Crippen molar-refractivity contribution < 1.29 is 31.5 Å². The van der Waals surface area contributed by atoms with Crippen LogP contribution in [0.4, 0.5) is 14.5 Å². The van der Waals surface area contributed by atoms with Crippen molar-refractivity contribution in [3.63, 3.8) is 0 Å². The summed E-state index contributed by atoms with van der Waals surface area (Å²) in [5, 5.41) is 0. The Bertz CT molecular complexity index is 1890. The number of ether oxygens (including phenoxy) is 1. The number of alkyl halides is 1. The van der Waals surface area contributed by atoms with Crippen LogP contribution < -0.4 is 10.6 Å². The predicted octanol–water partition coefficient (Wildman–Crippen LogP) is 5.62. The Labute approximate surface area is 311 Å². The normalized spacial score (nSPS) is 23.5. The summed E-state index contributed by atoms with van der Waals surface area (Å²) in [6, 6.07) is 19.1. The quantitative estimate of drug-likeness (QED) is 0.224. The van der Waals surface area contributed by atoms with E-state index in [2.05, 4.69) is 15.9 Å². The molecule has 4 aliphatic rings. The molecule has 9 nitrogen and oxygen atoms in total. The number of benzene rings is 3. The molecule has 4 fully saturated rings. The van der Waals surface area contributed by atoms with Gasteiger partial charge in [0.2, 0.25) is 15.7 Å². The zero-order valence-electron chi connectivity index (χ0n) is 30.4. The molecule has 0 unspecified atom stereocenters. The lowest BCUT2D eigenvalue weighted by atomic mass is 9.56. The number of halogens is 2. The first-order valence-electron chi connectivity index (χ1n) is 18.9. The third kappa shape index (κ3) is 7.59. The van der Waals surface area contributed by atoms with Gasteiger partial charge in [0, 0.05) is 36.2 Å². The van der Waals surface area contributed by atoms with Crippen LogP contribution in [-0.4, -0.2) is 95.2 Å². The fraction of sp³-hybridized carbons (Fsp3) is 0.512. The van der Waals surface area contributed by atoms with Gasteiger partial charge in [-0.2, -0.15) is 0 Å². The Hall–Kier alpha value is -3.87. The monoisotopic (exact) mass is 748 g/mol. The molecule has 3 heterocycles. The molecule has 3 aromatic carbocycles. The molecule has 284 valence electrons. The summed E-state index contributed by atoms with van der Waals surface area (Å²) in [5.74, 6) is -0.411. The Morgan fingerprint density at radius 3 is 2.13 bits per heavy atom. The Morgan fingerprint density at radius 1 is 0.887 bits per heavy atom. The number of hydrogen-bond acceptors (Lipinski definition) is 8. The molecule has 3 atom stereocenters. The number of piperidine rings is 1. The van der Waals surface area contributed by atoms with Crippen LogP contribution in [0.1, 0.15) is 60.9 Å². The Balaban J connectivity index is 1.02. The molecule has 7 rings (SSSR count). The highest BCUT2D eigenvalue weighted by atomic mass is 32.2. The summed E-state index contributed by atoms with van der Waals surface area (Å²) in [6.07, 6.45) is 6.25. The summed E-state index contributed by atoms with van der Waals surface area (Å²) in [7, 11) is -2.36. The van der Waals surface area contributed by atoms with Gasteiger partial charge < -0.3 is 20.3 Å². The predicted molar refractivity (Wildman–Crippen MR) is 199 cm³/mol. The second kappa shape index (κ2) is 15.1. The van der Waals surface area contributed by atoms with Crippen LogP contribution in [0.5, 0.6) is 0 Å². The lowest BCUT2D eigenvalue weighted by Crippen LogP contribution is -2.64. The highest BCUT2D eigenvalue weighted by Gasteiger charge is 2.53. The molecule has 0 bridgehead atoms. The molecule has 3 saturated heterocycles. The van der Waals surface area contributed by atoms with Gasteiger partial charge in [0.05, 0.1) is 30.0 Å². The molecule has 0 aromatic heterocycles. The average molecular weight is 749 g/mol. The van der Waals surface area contributed by atoms with E-state index in [1.807, 2.05) is 11.0 Å². The number of hydrogen-bond donors (Lipinski definition) is 1. The lowest BCUT2D eigenvalue weighted by molar-refractivity contribution is -0.142. The first kappa shape index (κ1) is 37.4. The zero-order valence-corrected chi connectivity index (χ0v) is 31.2. The summed E-state index contributed by atoms with van der Waals surface area (Å²) < 4.78 is 62.7. The van der Waals surface area contributed by atoms with Gasteiger partial charge in [-0.1, -0.05) is 18.6 Å². The minimum Gasteiger partial charge on any atom is -0.469 e. The van der Waals surface area contributed by atoms with Gasteiger partial charge in [-0.25, -0.2) is 17.2 Å². The van der Waals surface area contributed by atoms with Gasteiger partial charge in [-0.15, -0.1) is 0 Å². The largest absolute Gasteiger partial charge is 0.469 e. The maximum absolute atomic E-state index is 16.2. The van der Waals surface area contributed by atoms with Crippen molar-refractivity contribution in [3.8, 4) is 0 Å². The van der Waals surface area contributed by atoms with Crippen LogP contribution in [0.15, 0.2) is 82.6 Å². The summed E-state index contributed by atoms with van der Waals surface area (Å²) in [6.45, 7) is 5.13. The minimum absolute atomic E-state index is 0.0590. The molecule has 0 radical (unpaired) electrons. The number of carbonyl (C=O) groups excluding carboxylic acids is 2. The van der Waals surface area contributed by atoms with Crippen molar-refractivity contribution in [3.05, 3.63) is 89.7 Å². The van der Waals surface area contributed by atoms with E-state index in [1.165, 1.54) is 49.6 Å². The maximum atomic E-state index is 16.2. The zero-order chi connectivity index (χ0) is 37.4. The van der Waals surface area contributed by atoms with Crippen LogP contribution in [0, 0.1) is 23.6 Å². The fourth-order valence-electron chi connectivity index (χ4n) is 9.73. The van der Waals surface area contributed by atoms with Crippen molar-refractivity contribution in [2.24, 2.45) is 23.5 Å². The molecule has 53 heavy (non-hydrogen) atoms. The topological polar surface area (TPSA) is 113 Å². The second-order valence-corrected chi connectivity index (χ2v) is 17.7. The van der Waals surface area contributed by atoms with E-state index in [1.54, 1.807) is 18.2 Å². The molecule has 1 aliphatic carbocycles. The third-order valence-electron chi connectivity index (χ3n) is 12.5. The van der Waals surface area contributed by atoms with Crippen LogP contribution >= 0.6 is 0 Å². The fourth-order valence-corrected chi connectivity index (χ4v) is 11.0. The number of primary amides is 1. The first-order valence-corrected chi connectivity index (χ1v) is 20.3. The average Bonchev–Trinajstić information content (AvgIpc) is 3.59. The molecular formula is C41H50F2N4O5S. The van der Waals surface area contributed by atoms with E-state index in [0.717, 1.165) is 82.5 Å². The van der Waals surface area contributed by atoms with Crippen LogP contribution in [0.25, 0.3) is 0 Å². The molecule has 1 amide bonds. The maximum Gasteiger partial charge on any atom is 0.305 e. The van der Waals surface area contributed by atoms with E-state index < -0.39 is 21.4 Å². The third-order valence-corrected chi connectivity index (χ3v) is 14.3. The van der Waals surface area contributed by atoms with Crippen molar-refractivity contribution in [1.29, 1.82) is 0 Å². The number of likely N-dealkylation sites (tertiary alicyclic amines) is 2. The first-order chi connectivity index (χ1) is 25.4. The lowest BCUT2D eigenvalue weighted by Gasteiger charge is -2.54. The molecule has 3 aromatic rings. The van der Waals surface area contributed by atoms with Gasteiger partial charge in [0.1, 0.15) is 5.82 Å². The number of amides is 1. The van der Waals surface area contributed by atoms with E-state index in [0.29, 0.717) is 13.0 Å². The molecule has 2 N–H and O–H groups in total. The molecular weight excluding hydrogens is 699 g/mol. The number of nitrogens with zero attached hydrogens (tertiary/aromatic N) is 3. The minimum atomic E-state index is -3.80. The Kier molecular flexibility index (Phi) is 10.7. The summed E-state index contributed by atoms with van der Waals surface area (Å²) in [4.78, 5) is 30.8. The van der Waals surface area contributed by atoms with Crippen LogP contribution in [-0.2, 0) is 24.8 Å². The molecule has 12 heteroatoms. The number of sulfone groups is 1. The standard InChI is InChI=1S/C41H50F2N4O5S/c1-52-38(48)23-30-5-2-8-37(30)41(28-45-19-4-20-45,32-6-3-7-33(42)24-32)31-17-21-46(22-18-31)25-40(43)26-47(27-40)34-11-15-36(16-12-34)53(50,51)35-13-9-29(10-14-35)39(44)49/h3,6-7,9-16,24,30-31,37H,2,4-5,8,17-23,25-28H2,1H3,(H2,44,49)/t30-,37+,41+/m1/s1. The number of anilines is 1. The number of carbonyl (C=O) groups is 2. The van der Waals surface area contributed by atoms with Crippen molar-refractivity contribution in [1.82, 2.24) is 9.80 Å². The molecule has 0 spiro atoms. The highest BCUT2D eigenvalue weighted by molar-refractivity contribution is 7.91. The highest BCUT2D eigenvalue weighted by Crippen LogP contribution is 2.54. The molecule has 1 saturated carbocycles. The summed E-state index contributed by atoms with van der Waals surface area (Å²) in [5.41, 5.74) is 5.57. The van der Waals surface area contributed by atoms with E-state index in [9.17, 15) is 22.4 Å². The van der Waals surface area contributed by atoms with Crippen LogP contribution in [0.2, 0.25) is 0 Å². The van der Waals surface area contributed by atoms with E-state index in [4.69, 9.17) is 10.5 Å². The van der Waals surface area contributed by atoms with Crippen molar-refractivity contribution >= 4 is 27.4 Å². The summed E-state index contributed by atoms with van der Waals surface area (Å²) >= 11 is 0.